The largest absolute Gasteiger partial charge is 0.497 e. The molecular formula is C24H28F2N2O4. The van der Waals surface area contributed by atoms with Gasteiger partial charge in [0.05, 0.1) is 20.3 Å². The van der Waals surface area contributed by atoms with E-state index in [0.717, 1.165) is 37.2 Å². The molecule has 0 radical (unpaired) electrons. The monoisotopic (exact) mass is 446 g/mol. The average molecular weight is 446 g/mol. The van der Waals surface area contributed by atoms with Crippen LogP contribution in [-0.2, 0) is 4.79 Å². The molecule has 0 aromatic heterocycles. The molecule has 1 fully saturated rings. The van der Waals surface area contributed by atoms with Gasteiger partial charge in [-0.3, -0.25) is 9.69 Å². The van der Waals surface area contributed by atoms with E-state index in [1.807, 2.05) is 24.3 Å². The van der Waals surface area contributed by atoms with Crippen molar-refractivity contribution in [1.82, 2.24) is 10.2 Å². The molecule has 0 saturated carbocycles. The van der Waals surface area contributed by atoms with E-state index in [4.69, 9.17) is 9.47 Å². The number of rotatable bonds is 10. The number of carbonyl (C=O) groups excluding carboxylic acids is 1. The number of amides is 1. The highest BCUT2D eigenvalue weighted by atomic mass is 19.3. The molecule has 0 aliphatic carbocycles. The summed E-state index contributed by atoms with van der Waals surface area (Å²) in [6, 6.07) is 12.4. The van der Waals surface area contributed by atoms with Crippen molar-refractivity contribution in [1.29, 1.82) is 0 Å². The first-order valence-electron chi connectivity index (χ1n) is 10.5. The summed E-state index contributed by atoms with van der Waals surface area (Å²) < 4.78 is 39.8. The maximum Gasteiger partial charge on any atom is 0.387 e. The summed E-state index contributed by atoms with van der Waals surface area (Å²) >= 11 is 0. The van der Waals surface area contributed by atoms with Crippen molar-refractivity contribution in [2.24, 2.45) is 0 Å². The minimum absolute atomic E-state index is 0.0517. The maximum absolute atomic E-state index is 12.5. The molecule has 1 saturated heterocycles. The number of carbonyl (C=O) groups is 1. The summed E-state index contributed by atoms with van der Waals surface area (Å²) in [5, 5.41) is 2.97. The first kappa shape index (κ1) is 23.5. The third-order valence-electron chi connectivity index (χ3n) is 5.36. The van der Waals surface area contributed by atoms with Crippen molar-refractivity contribution in [3.05, 3.63) is 59.7 Å². The van der Waals surface area contributed by atoms with Gasteiger partial charge in [-0.15, -0.1) is 0 Å². The van der Waals surface area contributed by atoms with E-state index < -0.39 is 6.61 Å². The van der Waals surface area contributed by atoms with Gasteiger partial charge in [-0.05, 0) is 67.4 Å². The molecule has 8 heteroatoms. The van der Waals surface area contributed by atoms with Crippen LogP contribution in [0.4, 0.5) is 8.78 Å². The molecule has 1 aliphatic rings. The first-order valence-corrected chi connectivity index (χ1v) is 10.5. The van der Waals surface area contributed by atoms with Gasteiger partial charge in [-0.1, -0.05) is 18.2 Å². The molecule has 1 aliphatic heterocycles. The van der Waals surface area contributed by atoms with Gasteiger partial charge < -0.3 is 19.5 Å². The van der Waals surface area contributed by atoms with Crippen LogP contribution < -0.4 is 19.5 Å². The fourth-order valence-electron chi connectivity index (χ4n) is 3.77. The van der Waals surface area contributed by atoms with Gasteiger partial charge in [-0.2, -0.15) is 8.78 Å². The molecular weight excluding hydrogens is 418 g/mol. The lowest BCUT2D eigenvalue weighted by Crippen LogP contribution is -2.36. The molecule has 3 rings (SSSR count). The molecule has 0 bridgehead atoms. The molecule has 1 amide bonds. The van der Waals surface area contributed by atoms with Crippen molar-refractivity contribution in [2.45, 2.75) is 25.5 Å². The fourth-order valence-corrected chi connectivity index (χ4v) is 3.77. The zero-order valence-electron chi connectivity index (χ0n) is 18.2. The first-order chi connectivity index (χ1) is 15.5. The highest BCUT2D eigenvalue weighted by molar-refractivity contribution is 5.91. The number of hydrogen-bond donors (Lipinski definition) is 1. The molecule has 1 unspecified atom stereocenters. The molecule has 0 spiro atoms. The smallest absolute Gasteiger partial charge is 0.387 e. The summed E-state index contributed by atoms with van der Waals surface area (Å²) in [6.45, 7) is -0.508. The Morgan fingerprint density at radius 2 is 1.88 bits per heavy atom. The predicted molar refractivity (Wildman–Crippen MR) is 118 cm³/mol. The Balaban J connectivity index is 1.65. The molecule has 1 atom stereocenters. The number of hydrogen-bond acceptors (Lipinski definition) is 5. The summed E-state index contributed by atoms with van der Waals surface area (Å²) in [5.74, 6) is 0.644. The summed E-state index contributed by atoms with van der Waals surface area (Å²) in [5.41, 5.74) is 1.72. The van der Waals surface area contributed by atoms with Crippen molar-refractivity contribution < 1.29 is 27.8 Å². The summed E-state index contributed by atoms with van der Waals surface area (Å²) in [6.07, 6.45) is 5.29. The minimum Gasteiger partial charge on any atom is -0.497 e. The number of alkyl halides is 2. The van der Waals surface area contributed by atoms with Gasteiger partial charge >= 0.3 is 6.61 Å². The van der Waals surface area contributed by atoms with Crippen LogP contribution in [0.25, 0.3) is 6.08 Å². The van der Waals surface area contributed by atoms with Crippen LogP contribution in [0, 0.1) is 0 Å². The van der Waals surface area contributed by atoms with Gasteiger partial charge in [0.1, 0.15) is 5.75 Å². The van der Waals surface area contributed by atoms with Crippen molar-refractivity contribution >= 4 is 12.0 Å². The second-order valence-corrected chi connectivity index (χ2v) is 7.40. The second-order valence-electron chi connectivity index (χ2n) is 7.40. The Morgan fingerprint density at radius 1 is 1.09 bits per heavy atom. The highest BCUT2D eigenvalue weighted by Gasteiger charge is 2.24. The standard InChI is InChI=1S/C24H28F2N2O4/c1-30-19-7-5-6-18(15-19)20(28-12-3-4-13-28)16-27-23(29)11-9-17-8-10-21(32-24(25)26)22(14-17)31-2/h5-11,14-15,20,24H,3-4,12-13,16H2,1-2H3,(H,27,29)/b11-9+. The van der Waals surface area contributed by atoms with Gasteiger partial charge in [0.25, 0.3) is 0 Å². The quantitative estimate of drug-likeness (QED) is 0.553. The van der Waals surface area contributed by atoms with Gasteiger partial charge in [0.2, 0.25) is 5.91 Å². The Kier molecular flexibility index (Phi) is 8.44. The number of halogens is 2. The zero-order valence-corrected chi connectivity index (χ0v) is 18.2. The van der Waals surface area contributed by atoms with Crippen LogP contribution >= 0.6 is 0 Å². The SMILES string of the molecule is COc1cccc(C(CNC(=O)/C=C/c2ccc(OC(F)F)c(OC)c2)N2CCCC2)c1. The predicted octanol–water partition coefficient (Wildman–Crippen LogP) is 4.27. The summed E-state index contributed by atoms with van der Waals surface area (Å²) in [7, 11) is 3.00. The maximum atomic E-state index is 12.5. The molecule has 32 heavy (non-hydrogen) atoms. The fraction of sp³-hybridized carbons (Fsp3) is 0.375. The molecule has 1 heterocycles. The van der Waals surface area contributed by atoms with Crippen molar-refractivity contribution in [3.63, 3.8) is 0 Å². The molecule has 172 valence electrons. The van der Waals surface area contributed by atoms with E-state index in [9.17, 15) is 13.6 Å². The third kappa shape index (κ3) is 6.43. The number of nitrogens with one attached hydrogen (secondary N) is 1. The van der Waals surface area contributed by atoms with Gasteiger partial charge in [-0.25, -0.2) is 0 Å². The second kappa shape index (κ2) is 11.5. The number of nitrogens with zero attached hydrogens (tertiary/aromatic N) is 1. The number of likely N-dealkylation sites (tertiary alicyclic amines) is 1. The lowest BCUT2D eigenvalue weighted by molar-refractivity contribution is -0.116. The van der Waals surface area contributed by atoms with Gasteiger partial charge in [0, 0.05) is 12.6 Å². The van der Waals surface area contributed by atoms with Crippen LogP contribution in [0.1, 0.15) is 30.0 Å². The van der Waals surface area contributed by atoms with E-state index in [2.05, 4.69) is 15.0 Å². The minimum atomic E-state index is -2.94. The highest BCUT2D eigenvalue weighted by Crippen LogP contribution is 2.30. The van der Waals surface area contributed by atoms with E-state index in [0.29, 0.717) is 12.1 Å². The molecule has 2 aromatic rings. The molecule has 2 aromatic carbocycles. The third-order valence-corrected chi connectivity index (χ3v) is 5.36. The van der Waals surface area contributed by atoms with E-state index in [1.165, 1.54) is 25.3 Å². The van der Waals surface area contributed by atoms with Gasteiger partial charge in [0.15, 0.2) is 11.5 Å². The van der Waals surface area contributed by atoms with Crippen molar-refractivity contribution in [2.75, 3.05) is 33.9 Å². The van der Waals surface area contributed by atoms with E-state index in [-0.39, 0.29) is 23.4 Å². The lowest BCUT2D eigenvalue weighted by atomic mass is 10.0. The summed E-state index contributed by atoms with van der Waals surface area (Å²) in [4.78, 5) is 14.8. The van der Waals surface area contributed by atoms with E-state index in [1.54, 1.807) is 19.3 Å². The van der Waals surface area contributed by atoms with Crippen LogP contribution in [0.3, 0.4) is 0 Å². The lowest BCUT2D eigenvalue weighted by Gasteiger charge is -2.28. The Bertz CT molecular complexity index is 930. The van der Waals surface area contributed by atoms with Crippen LogP contribution in [0.15, 0.2) is 48.5 Å². The number of methoxy groups -OCH3 is 2. The Morgan fingerprint density at radius 3 is 2.56 bits per heavy atom. The van der Waals surface area contributed by atoms with Crippen LogP contribution in [-0.4, -0.2) is 51.3 Å². The van der Waals surface area contributed by atoms with E-state index >= 15 is 0 Å². The Labute approximate surface area is 186 Å². The Hall–Kier alpha value is -3.13. The topological polar surface area (TPSA) is 60.0 Å². The number of benzene rings is 2. The normalized spacial score (nSPS) is 15.2. The number of ether oxygens (including phenoxy) is 3. The van der Waals surface area contributed by atoms with Crippen LogP contribution in [0.2, 0.25) is 0 Å². The average Bonchev–Trinajstić information content (AvgIpc) is 3.33. The molecule has 1 N–H and O–H groups in total. The van der Waals surface area contributed by atoms with Crippen molar-refractivity contribution in [3.8, 4) is 17.2 Å². The zero-order chi connectivity index (χ0) is 22.9. The van der Waals surface area contributed by atoms with Crippen LogP contribution in [0.5, 0.6) is 17.2 Å². The molecule has 6 nitrogen and oxygen atoms in total.